The van der Waals surface area contributed by atoms with Crippen LogP contribution in [0.25, 0.3) is 0 Å². The van der Waals surface area contributed by atoms with Gasteiger partial charge in [-0.1, -0.05) is 25.7 Å². The fraction of sp³-hybridized carbons (Fsp3) is 0.938. The lowest BCUT2D eigenvalue weighted by Crippen LogP contribution is -2.55. The smallest absolute Gasteiger partial charge is 0.242 e. The summed E-state index contributed by atoms with van der Waals surface area (Å²) in [6.07, 6.45) is 11.8. The van der Waals surface area contributed by atoms with Crippen LogP contribution in [-0.4, -0.2) is 41.6 Å². The molecule has 0 radical (unpaired) electrons. The van der Waals surface area contributed by atoms with Crippen LogP contribution in [-0.2, 0) is 9.53 Å². The van der Waals surface area contributed by atoms with Crippen molar-refractivity contribution in [2.75, 3.05) is 13.1 Å². The van der Waals surface area contributed by atoms with Gasteiger partial charge in [-0.25, -0.2) is 0 Å². The van der Waals surface area contributed by atoms with Gasteiger partial charge in [0.2, 0.25) is 5.91 Å². The van der Waals surface area contributed by atoms with Crippen LogP contribution in [0.4, 0.5) is 0 Å². The number of nitrogens with zero attached hydrogens (tertiary/aromatic N) is 1. The highest BCUT2D eigenvalue weighted by atomic mass is 35.5. The van der Waals surface area contributed by atoms with E-state index in [1.807, 2.05) is 4.90 Å². The summed E-state index contributed by atoms with van der Waals surface area (Å²) < 4.78 is 6.16. The molecule has 1 saturated heterocycles. The van der Waals surface area contributed by atoms with Crippen molar-refractivity contribution in [3.05, 3.63) is 0 Å². The van der Waals surface area contributed by atoms with Crippen molar-refractivity contribution in [1.29, 1.82) is 0 Å². The minimum atomic E-state index is -0.556. The third kappa shape index (κ3) is 3.91. The number of ether oxygens (including phenoxy) is 1. The average Bonchev–Trinajstić information content (AvgIpc) is 3.11. The molecule has 1 amide bonds. The van der Waals surface area contributed by atoms with E-state index in [4.69, 9.17) is 10.5 Å². The number of piperidine rings is 1. The molecule has 0 bridgehead atoms. The van der Waals surface area contributed by atoms with Gasteiger partial charge in [-0.15, -0.1) is 12.4 Å². The highest BCUT2D eigenvalue weighted by Gasteiger charge is 2.40. The van der Waals surface area contributed by atoms with Crippen molar-refractivity contribution in [3.8, 4) is 0 Å². The molecule has 21 heavy (non-hydrogen) atoms. The number of likely N-dealkylation sites (tertiary alicyclic amines) is 1. The van der Waals surface area contributed by atoms with Crippen molar-refractivity contribution >= 4 is 18.3 Å². The maximum absolute atomic E-state index is 12.5. The maximum Gasteiger partial charge on any atom is 0.242 e. The van der Waals surface area contributed by atoms with Crippen molar-refractivity contribution < 1.29 is 9.53 Å². The summed E-state index contributed by atoms with van der Waals surface area (Å²) in [7, 11) is 0. The minimum absolute atomic E-state index is 0. The Morgan fingerprint density at radius 3 is 2.05 bits per heavy atom. The zero-order valence-corrected chi connectivity index (χ0v) is 13.7. The molecule has 2 aliphatic carbocycles. The van der Waals surface area contributed by atoms with E-state index in [1.54, 1.807) is 0 Å². The van der Waals surface area contributed by atoms with Gasteiger partial charge in [0, 0.05) is 13.1 Å². The number of halogens is 1. The topological polar surface area (TPSA) is 55.6 Å². The van der Waals surface area contributed by atoms with E-state index in [1.165, 1.54) is 25.7 Å². The van der Waals surface area contributed by atoms with Crippen LogP contribution in [0.5, 0.6) is 0 Å². The van der Waals surface area contributed by atoms with Crippen LogP contribution in [0.1, 0.15) is 64.2 Å². The Kier molecular flexibility index (Phi) is 5.92. The van der Waals surface area contributed by atoms with E-state index in [-0.39, 0.29) is 18.3 Å². The molecule has 5 heteroatoms. The first-order valence-corrected chi connectivity index (χ1v) is 8.41. The fourth-order valence-electron chi connectivity index (χ4n) is 4.03. The molecular weight excluding hydrogens is 288 g/mol. The second-order valence-corrected chi connectivity index (χ2v) is 6.90. The Hall–Kier alpha value is -0.320. The number of amides is 1. The molecule has 0 unspecified atom stereocenters. The van der Waals surface area contributed by atoms with Crippen molar-refractivity contribution in [2.24, 2.45) is 5.73 Å². The van der Waals surface area contributed by atoms with E-state index in [0.717, 1.165) is 51.6 Å². The normalized spacial score (nSPS) is 26.8. The van der Waals surface area contributed by atoms with Crippen LogP contribution in [0.2, 0.25) is 0 Å². The highest BCUT2D eigenvalue weighted by molar-refractivity contribution is 5.86. The lowest BCUT2D eigenvalue weighted by Gasteiger charge is -2.37. The summed E-state index contributed by atoms with van der Waals surface area (Å²) >= 11 is 0. The molecular formula is C16H29ClN2O2. The number of hydrogen-bond acceptors (Lipinski definition) is 3. The predicted octanol–water partition coefficient (Wildman–Crippen LogP) is 2.63. The molecule has 0 aromatic heterocycles. The fourth-order valence-corrected chi connectivity index (χ4v) is 4.03. The highest BCUT2D eigenvalue weighted by Crippen LogP contribution is 2.31. The Labute approximate surface area is 134 Å². The molecule has 0 aromatic rings. The van der Waals surface area contributed by atoms with Crippen LogP contribution in [0, 0.1) is 0 Å². The van der Waals surface area contributed by atoms with Crippen molar-refractivity contribution in [3.63, 3.8) is 0 Å². The van der Waals surface area contributed by atoms with Crippen molar-refractivity contribution in [2.45, 2.75) is 82.0 Å². The second kappa shape index (κ2) is 7.30. The van der Waals surface area contributed by atoms with Gasteiger partial charge in [0.05, 0.1) is 17.7 Å². The van der Waals surface area contributed by atoms with Crippen LogP contribution < -0.4 is 5.73 Å². The largest absolute Gasteiger partial charge is 0.375 e. The molecule has 0 aromatic carbocycles. The Morgan fingerprint density at radius 1 is 0.952 bits per heavy atom. The van der Waals surface area contributed by atoms with Gasteiger partial charge in [0.15, 0.2) is 0 Å². The predicted molar refractivity (Wildman–Crippen MR) is 85.6 cm³/mol. The van der Waals surface area contributed by atoms with Gasteiger partial charge < -0.3 is 15.4 Å². The molecule has 1 aliphatic heterocycles. The maximum atomic E-state index is 12.5. The first kappa shape index (κ1) is 17.0. The molecule has 3 rings (SSSR count). The summed E-state index contributed by atoms with van der Waals surface area (Å²) in [5.74, 6) is 0.189. The van der Waals surface area contributed by atoms with Gasteiger partial charge in [0.1, 0.15) is 0 Å². The molecule has 4 nitrogen and oxygen atoms in total. The number of carbonyl (C=O) groups excluding carboxylic acids is 1. The Balaban J connectivity index is 0.00000161. The number of rotatable bonds is 3. The molecule has 2 saturated carbocycles. The molecule has 3 aliphatic rings. The number of nitrogens with two attached hydrogens (primary N) is 1. The molecule has 122 valence electrons. The van der Waals surface area contributed by atoms with Crippen LogP contribution in [0.15, 0.2) is 0 Å². The molecule has 2 N–H and O–H groups in total. The standard InChI is InChI=1S/C16H28N2O2.ClH/c17-16(9-3-4-10-16)15(19)18-11-7-14(8-12-18)20-13-5-1-2-6-13;/h13-14H,1-12,17H2;1H. The molecule has 3 fully saturated rings. The monoisotopic (exact) mass is 316 g/mol. The Morgan fingerprint density at radius 2 is 1.48 bits per heavy atom. The number of hydrogen-bond donors (Lipinski definition) is 1. The molecule has 1 heterocycles. The quantitative estimate of drug-likeness (QED) is 0.871. The molecule has 0 spiro atoms. The van der Waals surface area contributed by atoms with E-state index in [2.05, 4.69) is 0 Å². The zero-order chi connectivity index (χ0) is 14.0. The van der Waals surface area contributed by atoms with E-state index < -0.39 is 5.54 Å². The van der Waals surface area contributed by atoms with E-state index >= 15 is 0 Å². The van der Waals surface area contributed by atoms with Crippen LogP contribution >= 0.6 is 12.4 Å². The lowest BCUT2D eigenvalue weighted by molar-refractivity contribution is -0.140. The summed E-state index contributed by atoms with van der Waals surface area (Å²) in [6.45, 7) is 1.66. The van der Waals surface area contributed by atoms with Gasteiger partial charge in [-0.3, -0.25) is 4.79 Å². The Bertz CT molecular complexity index is 344. The van der Waals surface area contributed by atoms with Gasteiger partial charge in [-0.2, -0.15) is 0 Å². The summed E-state index contributed by atoms with van der Waals surface area (Å²) in [5, 5.41) is 0. The summed E-state index contributed by atoms with van der Waals surface area (Å²) in [5.41, 5.74) is 5.72. The second-order valence-electron chi connectivity index (χ2n) is 6.90. The van der Waals surface area contributed by atoms with Gasteiger partial charge in [0.25, 0.3) is 0 Å². The van der Waals surface area contributed by atoms with E-state index in [9.17, 15) is 4.79 Å². The lowest BCUT2D eigenvalue weighted by atomic mass is 9.95. The third-order valence-electron chi connectivity index (χ3n) is 5.34. The molecule has 0 atom stereocenters. The van der Waals surface area contributed by atoms with E-state index in [0.29, 0.717) is 12.2 Å². The minimum Gasteiger partial charge on any atom is -0.375 e. The van der Waals surface area contributed by atoms with Gasteiger partial charge >= 0.3 is 0 Å². The first-order chi connectivity index (χ1) is 9.67. The van der Waals surface area contributed by atoms with Crippen LogP contribution in [0.3, 0.4) is 0 Å². The number of carbonyl (C=O) groups is 1. The summed E-state index contributed by atoms with van der Waals surface area (Å²) in [4.78, 5) is 14.5. The SMILES string of the molecule is Cl.NC1(C(=O)N2CCC(OC3CCCC3)CC2)CCCC1. The average molecular weight is 317 g/mol. The summed E-state index contributed by atoms with van der Waals surface area (Å²) in [6, 6.07) is 0. The first-order valence-electron chi connectivity index (χ1n) is 8.41. The van der Waals surface area contributed by atoms with Gasteiger partial charge in [-0.05, 0) is 38.5 Å². The van der Waals surface area contributed by atoms with Crippen molar-refractivity contribution in [1.82, 2.24) is 4.90 Å². The third-order valence-corrected chi connectivity index (χ3v) is 5.34. The zero-order valence-electron chi connectivity index (χ0n) is 12.9.